The van der Waals surface area contributed by atoms with Crippen molar-refractivity contribution in [1.29, 1.82) is 0 Å². The monoisotopic (exact) mass is 407 g/mol. The van der Waals surface area contributed by atoms with Gasteiger partial charge in [0.1, 0.15) is 6.10 Å². The molecule has 0 spiro atoms. The van der Waals surface area contributed by atoms with Gasteiger partial charge >= 0.3 is 0 Å². The van der Waals surface area contributed by atoms with E-state index in [0.717, 1.165) is 6.07 Å². The average molecular weight is 407 g/mol. The summed E-state index contributed by atoms with van der Waals surface area (Å²) in [6.45, 7) is 0.175. The first-order valence-electron chi connectivity index (χ1n) is 9.16. The molecule has 1 heterocycles. The van der Waals surface area contributed by atoms with Crippen LogP contribution in [-0.2, 0) is 16.0 Å². The van der Waals surface area contributed by atoms with Crippen molar-refractivity contribution in [3.8, 4) is 11.5 Å². The zero-order valence-corrected chi connectivity index (χ0v) is 16.2. The van der Waals surface area contributed by atoms with Crippen molar-refractivity contribution in [3.05, 3.63) is 59.2 Å². The van der Waals surface area contributed by atoms with Gasteiger partial charge in [-0.25, -0.2) is 8.78 Å². The normalized spacial score (nSPS) is 19.1. The Balaban J connectivity index is 1.93. The van der Waals surface area contributed by atoms with Crippen molar-refractivity contribution in [3.63, 3.8) is 0 Å². The molecule has 6 nitrogen and oxygen atoms in total. The van der Waals surface area contributed by atoms with Gasteiger partial charge in [-0.1, -0.05) is 18.2 Å². The standard InChI is InChI=1S/C21H23F2NO5/c1-27-16-7-6-14(10-17(16)28-2)21-18(12-25)29-9-8-24(21)19(26)11-13-4-3-5-15(22)20(13)23/h3-7,10,18,21,25H,8-9,11-12H2,1-2H3/t18-,21-/m1/s1. The summed E-state index contributed by atoms with van der Waals surface area (Å²) in [4.78, 5) is 14.5. The number of ether oxygens (including phenoxy) is 3. The molecule has 1 aliphatic rings. The number of nitrogens with zero attached hydrogens (tertiary/aromatic N) is 1. The van der Waals surface area contributed by atoms with Gasteiger partial charge in [-0.2, -0.15) is 0 Å². The maximum Gasteiger partial charge on any atom is 0.227 e. The molecule has 0 radical (unpaired) electrons. The molecule has 8 heteroatoms. The number of rotatable bonds is 6. The molecule has 0 saturated carbocycles. The van der Waals surface area contributed by atoms with Crippen LogP contribution in [0.15, 0.2) is 36.4 Å². The van der Waals surface area contributed by atoms with E-state index >= 15 is 0 Å². The zero-order chi connectivity index (χ0) is 21.0. The minimum absolute atomic E-state index is 0.0203. The Bertz CT molecular complexity index is 876. The van der Waals surface area contributed by atoms with E-state index in [1.54, 1.807) is 18.2 Å². The van der Waals surface area contributed by atoms with Gasteiger partial charge in [-0.3, -0.25) is 4.79 Å². The SMILES string of the molecule is COc1ccc([C@@H]2[C@@H](CO)OCCN2C(=O)Cc2cccc(F)c2F)cc1OC. The fourth-order valence-corrected chi connectivity index (χ4v) is 3.55. The first kappa shape index (κ1) is 21.0. The Kier molecular flexibility index (Phi) is 6.66. The van der Waals surface area contributed by atoms with Crippen LogP contribution in [0.4, 0.5) is 8.78 Å². The number of morpholine rings is 1. The molecule has 2 aromatic rings. The molecular weight excluding hydrogens is 384 g/mol. The molecule has 156 valence electrons. The summed E-state index contributed by atoms with van der Waals surface area (Å²) < 4.78 is 43.8. The number of carbonyl (C=O) groups is 1. The molecule has 2 atom stereocenters. The summed E-state index contributed by atoms with van der Waals surface area (Å²) in [6.07, 6.45) is -0.964. The minimum atomic E-state index is -1.03. The van der Waals surface area contributed by atoms with E-state index in [1.165, 1.54) is 31.3 Å². The van der Waals surface area contributed by atoms with Crippen molar-refractivity contribution < 1.29 is 32.9 Å². The third-order valence-corrected chi connectivity index (χ3v) is 4.97. The van der Waals surface area contributed by atoms with Crippen molar-refractivity contribution >= 4 is 5.91 Å². The molecule has 2 aromatic carbocycles. The van der Waals surface area contributed by atoms with Crippen LogP contribution in [0.25, 0.3) is 0 Å². The largest absolute Gasteiger partial charge is 0.493 e. The molecule has 0 aliphatic carbocycles. The molecule has 1 fully saturated rings. The van der Waals surface area contributed by atoms with Crippen molar-refractivity contribution in [1.82, 2.24) is 4.90 Å². The second-order valence-corrected chi connectivity index (χ2v) is 6.63. The molecule has 0 bridgehead atoms. The van der Waals surface area contributed by atoms with Crippen LogP contribution in [-0.4, -0.2) is 56.0 Å². The number of hydrogen-bond donors (Lipinski definition) is 1. The lowest BCUT2D eigenvalue weighted by Gasteiger charge is -2.41. The Morgan fingerprint density at radius 1 is 1.21 bits per heavy atom. The van der Waals surface area contributed by atoms with Gasteiger partial charge in [0.15, 0.2) is 23.1 Å². The lowest BCUT2D eigenvalue weighted by molar-refractivity contribution is -0.149. The molecule has 3 rings (SSSR count). The van der Waals surface area contributed by atoms with E-state index < -0.39 is 29.7 Å². The highest BCUT2D eigenvalue weighted by molar-refractivity contribution is 5.79. The first-order valence-corrected chi connectivity index (χ1v) is 9.16. The van der Waals surface area contributed by atoms with Crippen LogP contribution in [0.3, 0.4) is 0 Å². The Morgan fingerprint density at radius 3 is 2.66 bits per heavy atom. The third-order valence-electron chi connectivity index (χ3n) is 4.97. The maximum absolute atomic E-state index is 14.0. The van der Waals surface area contributed by atoms with Crippen LogP contribution in [0, 0.1) is 11.6 Å². The summed E-state index contributed by atoms with van der Waals surface area (Å²) in [5, 5.41) is 9.79. The topological polar surface area (TPSA) is 68.2 Å². The highest BCUT2D eigenvalue weighted by Gasteiger charge is 2.36. The number of carbonyl (C=O) groups excluding carboxylic acids is 1. The van der Waals surface area contributed by atoms with E-state index in [2.05, 4.69) is 0 Å². The van der Waals surface area contributed by atoms with Gasteiger partial charge in [0, 0.05) is 12.1 Å². The van der Waals surface area contributed by atoms with Crippen LogP contribution in [0.1, 0.15) is 17.2 Å². The molecular formula is C21H23F2NO5. The number of aliphatic hydroxyl groups excluding tert-OH is 1. The maximum atomic E-state index is 14.0. The predicted octanol–water partition coefficient (Wildman–Crippen LogP) is 2.49. The summed E-state index contributed by atoms with van der Waals surface area (Å²) in [5.74, 6) is -1.43. The van der Waals surface area contributed by atoms with E-state index in [9.17, 15) is 18.7 Å². The first-order chi connectivity index (χ1) is 14.0. The predicted molar refractivity (Wildman–Crippen MR) is 101 cm³/mol. The van der Waals surface area contributed by atoms with Crippen LogP contribution in [0.2, 0.25) is 0 Å². The van der Waals surface area contributed by atoms with Crippen LogP contribution < -0.4 is 9.47 Å². The second-order valence-electron chi connectivity index (χ2n) is 6.63. The van der Waals surface area contributed by atoms with Gasteiger partial charge in [-0.15, -0.1) is 0 Å². The van der Waals surface area contributed by atoms with E-state index in [1.807, 2.05) is 0 Å². The summed E-state index contributed by atoms with van der Waals surface area (Å²) in [5.41, 5.74) is 0.655. The van der Waals surface area contributed by atoms with Crippen molar-refractivity contribution in [2.24, 2.45) is 0 Å². The van der Waals surface area contributed by atoms with Gasteiger partial charge in [0.05, 0.1) is 39.9 Å². The molecule has 1 aliphatic heterocycles. The number of hydrogen-bond acceptors (Lipinski definition) is 5. The fraction of sp³-hybridized carbons (Fsp3) is 0.381. The molecule has 1 amide bonds. The van der Waals surface area contributed by atoms with E-state index in [-0.39, 0.29) is 31.7 Å². The summed E-state index contributed by atoms with van der Waals surface area (Å²) >= 11 is 0. The number of halogens is 2. The summed E-state index contributed by atoms with van der Waals surface area (Å²) in [7, 11) is 3.01. The quantitative estimate of drug-likeness (QED) is 0.797. The Hall–Kier alpha value is -2.71. The van der Waals surface area contributed by atoms with Gasteiger partial charge < -0.3 is 24.2 Å². The van der Waals surface area contributed by atoms with Crippen LogP contribution in [0.5, 0.6) is 11.5 Å². The Morgan fingerprint density at radius 2 is 1.97 bits per heavy atom. The third kappa shape index (κ3) is 4.33. The van der Waals surface area contributed by atoms with Gasteiger partial charge in [0.2, 0.25) is 5.91 Å². The highest BCUT2D eigenvalue weighted by Crippen LogP contribution is 2.36. The Labute approximate surface area is 167 Å². The van der Waals surface area contributed by atoms with Crippen molar-refractivity contribution in [2.75, 3.05) is 34.0 Å². The molecule has 1 N–H and O–H groups in total. The molecule has 1 saturated heterocycles. The molecule has 0 aromatic heterocycles. The van der Waals surface area contributed by atoms with E-state index in [4.69, 9.17) is 14.2 Å². The minimum Gasteiger partial charge on any atom is -0.493 e. The fourth-order valence-electron chi connectivity index (χ4n) is 3.55. The second kappa shape index (κ2) is 9.19. The molecule has 0 unspecified atom stereocenters. The lowest BCUT2D eigenvalue weighted by Crippen LogP contribution is -2.50. The van der Waals surface area contributed by atoms with Gasteiger partial charge in [0.25, 0.3) is 0 Å². The number of aliphatic hydroxyl groups is 1. The number of amides is 1. The van der Waals surface area contributed by atoms with E-state index in [0.29, 0.717) is 17.1 Å². The highest BCUT2D eigenvalue weighted by atomic mass is 19.2. The molecule has 29 heavy (non-hydrogen) atoms. The van der Waals surface area contributed by atoms with Crippen LogP contribution >= 0.6 is 0 Å². The average Bonchev–Trinajstić information content (AvgIpc) is 2.75. The summed E-state index contributed by atoms with van der Waals surface area (Å²) in [6, 6.07) is 8.31. The van der Waals surface area contributed by atoms with Crippen molar-refractivity contribution in [2.45, 2.75) is 18.6 Å². The van der Waals surface area contributed by atoms with Gasteiger partial charge in [-0.05, 0) is 23.8 Å². The smallest absolute Gasteiger partial charge is 0.227 e. The number of methoxy groups -OCH3 is 2. The number of benzene rings is 2. The lowest BCUT2D eigenvalue weighted by atomic mass is 9.96. The zero-order valence-electron chi connectivity index (χ0n) is 16.2.